The van der Waals surface area contributed by atoms with E-state index in [1.165, 1.54) is 10.9 Å². The first-order valence-corrected chi connectivity index (χ1v) is 4.60. The monoisotopic (exact) mass is 208 g/mol. The number of nitrogen functional groups attached to an aromatic ring is 1. The van der Waals surface area contributed by atoms with Gasteiger partial charge in [-0.25, -0.2) is 0 Å². The lowest BCUT2D eigenvalue weighted by Crippen LogP contribution is -2.28. The highest BCUT2D eigenvalue weighted by atomic mass is 16.2. The molecule has 0 atom stereocenters. The Labute approximate surface area is 89.2 Å². The highest BCUT2D eigenvalue weighted by Crippen LogP contribution is 2.12. The first-order valence-electron chi connectivity index (χ1n) is 4.60. The third-order valence-corrected chi connectivity index (χ3v) is 2.07. The molecule has 0 radical (unpaired) electrons. The first kappa shape index (κ1) is 11.3. The molecule has 1 aromatic heterocycles. The van der Waals surface area contributed by atoms with Crippen molar-refractivity contribution < 1.29 is 4.79 Å². The second-order valence-corrected chi connectivity index (χ2v) is 3.69. The highest BCUT2D eigenvalue weighted by Gasteiger charge is 2.17. The van der Waals surface area contributed by atoms with Crippen molar-refractivity contribution in [2.24, 2.45) is 7.05 Å². The number of carbonyl (C=O) groups is 1. The van der Waals surface area contributed by atoms with Crippen LogP contribution in [0.3, 0.4) is 0 Å². The van der Waals surface area contributed by atoms with Gasteiger partial charge in [0.2, 0.25) is 0 Å². The van der Waals surface area contributed by atoms with Crippen molar-refractivity contribution in [2.45, 2.75) is 6.92 Å². The van der Waals surface area contributed by atoms with E-state index in [1.807, 2.05) is 6.92 Å². The zero-order chi connectivity index (χ0) is 11.6. The van der Waals surface area contributed by atoms with Gasteiger partial charge in [0, 0.05) is 20.6 Å². The van der Waals surface area contributed by atoms with Gasteiger partial charge in [0.05, 0.1) is 6.20 Å². The van der Waals surface area contributed by atoms with E-state index in [-0.39, 0.29) is 5.91 Å². The molecular formula is C10H16N4O. The molecule has 82 valence electrons. The number of anilines is 1. The van der Waals surface area contributed by atoms with Crippen LogP contribution in [0.1, 0.15) is 17.3 Å². The van der Waals surface area contributed by atoms with Gasteiger partial charge < -0.3 is 10.6 Å². The molecule has 1 rings (SSSR count). The minimum absolute atomic E-state index is 0.136. The molecule has 2 N–H and O–H groups in total. The summed E-state index contributed by atoms with van der Waals surface area (Å²) < 4.78 is 1.47. The molecule has 5 heteroatoms. The van der Waals surface area contributed by atoms with Crippen molar-refractivity contribution in [2.75, 3.05) is 19.3 Å². The van der Waals surface area contributed by atoms with E-state index in [4.69, 9.17) is 5.73 Å². The highest BCUT2D eigenvalue weighted by molar-refractivity contribution is 5.98. The molecule has 0 aliphatic heterocycles. The van der Waals surface area contributed by atoms with E-state index in [1.54, 1.807) is 19.0 Å². The van der Waals surface area contributed by atoms with Gasteiger partial charge >= 0.3 is 0 Å². The largest absolute Gasteiger partial charge is 0.383 e. The van der Waals surface area contributed by atoms with Crippen LogP contribution in [-0.4, -0.2) is 34.2 Å². The number of carbonyl (C=O) groups excluding carboxylic acids is 1. The van der Waals surface area contributed by atoms with Crippen molar-refractivity contribution in [3.63, 3.8) is 0 Å². The number of rotatable bonds is 3. The predicted molar refractivity (Wildman–Crippen MR) is 59.4 cm³/mol. The molecule has 15 heavy (non-hydrogen) atoms. The maximum atomic E-state index is 11.9. The van der Waals surface area contributed by atoms with Crippen molar-refractivity contribution in [1.82, 2.24) is 14.7 Å². The van der Waals surface area contributed by atoms with Crippen molar-refractivity contribution in [1.29, 1.82) is 0 Å². The molecule has 1 heterocycles. The number of aryl methyl sites for hydroxylation is 1. The molecule has 0 saturated carbocycles. The summed E-state index contributed by atoms with van der Waals surface area (Å²) >= 11 is 0. The lowest BCUT2D eigenvalue weighted by Gasteiger charge is -2.16. The lowest BCUT2D eigenvalue weighted by atomic mass is 10.2. The summed E-state index contributed by atoms with van der Waals surface area (Å²) in [5.41, 5.74) is 7.06. The third kappa shape index (κ3) is 2.37. The molecule has 0 spiro atoms. The maximum Gasteiger partial charge on any atom is 0.259 e. The molecule has 0 aliphatic rings. The van der Waals surface area contributed by atoms with Gasteiger partial charge in [0.15, 0.2) is 0 Å². The molecule has 0 saturated heterocycles. The molecular weight excluding hydrogens is 192 g/mol. The van der Waals surface area contributed by atoms with Crippen molar-refractivity contribution >= 4 is 11.7 Å². The average Bonchev–Trinajstić information content (AvgIpc) is 2.45. The van der Waals surface area contributed by atoms with Crippen LogP contribution in [0, 0.1) is 0 Å². The fraction of sp³-hybridized carbons (Fsp3) is 0.400. The summed E-state index contributed by atoms with van der Waals surface area (Å²) in [6, 6.07) is 0. The van der Waals surface area contributed by atoms with Crippen LogP contribution in [0.5, 0.6) is 0 Å². The van der Waals surface area contributed by atoms with E-state index >= 15 is 0 Å². The maximum absolute atomic E-state index is 11.9. The number of hydrogen-bond donors (Lipinski definition) is 1. The fourth-order valence-electron chi connectivity index (χ4n) is 1.29. The number of nitrogens with zero attached hydrogens (tertiary/aromatic N) is 3. The summed E-state index contributed by atoms with van der Waals surface area (Å²) in [7, 11) is 3.41. The van der Waals surface area contributed by atoms with Crippen molar-refractivity contribution in [3.05, 3.63) is 23.9 Å². The minimum atomic E-state index is -0.136. The molecule has 0 aromatic carbocycles. The van der Waals surface area contributed by atoms with E-state index in [2.05, 4.69) is 11.7 Å². The minimum Gasteiger partial charge on any atom is -0.383 e. The Morgan fingerprint density at radius 1 is 1.73 bits per heavy atom. The summed E-state index contributed by atoms with van der Waals surface area (Å²) in [4.78, 5) is 13.4. The van der Waals surface area contributed by atoms with E-state index < -0.39 is 0 Å². The molecule has 0 aliphatic carbocycles. The van der Waals surface area contributed by atoms with Crippen LogP contribution in [0.15, 0.2) is 18.3 Å². The Morgan fingerprint density at radius 3 is 2.73 bits per heavy atom. The zero-order valence-electron chi connectivity index (χ0n) is 9.32. The Kier molecular flexibility index (Phi) is 3.14. The number of likely N-dealkylation sites (N-methyl/N-ethyl adjacent to an activating group) is 1. The van der Waals surface area contributed by atoms with Gasteiger partial charge in [-0.05, 0) is 6.92 Å². The normalized spacial score (nSPS) is 10.1. The molecule has 1 aromatic rings. The van der Waals surface area contributed by atoms with Gasteiger partial charge in [-0.2, -0.15) is 5.10 Å². The topological polar surface area (TPSA) is 64.2 Å². The predicted octanol–water partition coefficient (Wildman–Crippen LogP) is 0.650. The second-order valence-electron chi connectivity index (χ2n) is 3.69. The first-order chi connectivity index (χ1) is 6.93. The van der Waals surface area contributed by atoms with Crippen LogP contribution >= 0.6 is 0 Å². The van der Waals surface area contributed by atoms with E-state index in [9.17, 15) is 4.79 Å². The van der Waals surface area contributed by atoms with E-state index in [0.717, 1.165) is 5.57 Å². The molecule has 0 unspecified atom stereocenters. The Balaban J connectivity index is 2.85. The SMILES string of the molecule is C=C(C)CN(C)C(=O)c1cnn(C)c1N. The smallest absolute Gasteiger partial charge is 0.259 e. The number of nitrogens with two attached hydrogens (primary N) is 1. The van der Waals surface area contributed by atoms with Crippen LogP contribution in [0.25, 0.3) is 0 Å². The standard InChI is InChI=1S/C10H16N4O/c1-7(2)6-13(3)10(15)8-5-12-14(4)9(8)11/h5H,1,6,11H2,2-4H3. The van der Waals surface area contributed by atoms with Crippen molar-refractivity contribution in [3.8, 4) is 0 Å². The summed E-state index contributed by atoms with van der Waals surface area (Å²) in [5.74, 6) is 0.247. The number of amides is 1. The summed E-state index contributed by atoms with van der Waals surface area (Å²) in [6.07, 6.45) is 1.48. The summed E-state index contributed by atoms with van der Waals surface area (Å²) in [5, 5.41) is 3.92. The Bertz CT molecular complexity index is 394. The van der Waals surface area contributed by atoms with E-state index in [0.29, 0.717) is 17.9 Å². The molecule has 5 nitrogen and oxygen atoms in total. The lowest BCUT2D eigenvalue weighted by molar-refractivity contribution is 0.0808. The Hall–Kier alpha value is -1.78. The zero-order valence-corrected chi connectivity index (χ0v) is 9.32. The fourth-order valence-corrected chi connectivity index (χ4v) is 1.29. The molecule has 1 amide bonds. The Morgan fingerprint density at radius 2 is 2.33 bits per heavy atom. The summed E-state index contributed by atoms with van der Waals surface area (Å²) in [6.45, 7) is 6.15. The van der Waals surface area contributed by atoms with Gasteiger partial charge in [-0.3, -0.25) is 9.48 Å². The van der Waals surface area contributed by atoms with Gasteiger partial charge in [0.1, 0.15) is 11.4 Å². The second kappa shape index (κ2) is 4.16. The third-order valence-electron chi connectivity index (χ3n) is 2.07. The molecule has 0 bridgehead atoms. The van der Waals surface area contributed by atoms with Crippen LogP contribution < -0.4 is 5.73 Å². The van der Waals surface area contributed by atoms with Crippen LogP contribution in [-0.2, 0) is 7.05 Å². The molecule has 0 fully saturated rings. The van der Waals surface area contributed by atoms with Gasteiger partial charge in [-0.1, -0.05) is 12.2 Å². The van der Waals surface area contributed by atoms with Gasteiger partial charge in [-0.15, -0.1) is 0 Å². The quantitative estimate of drug-likeness (QED) is 0.742. The van der Waals surface area contributed by atoms with Gasteiger partial charge in [0.25, 0.3) is 5.91 Å². The van der Waals surface area contributed by atoms with Crippen LogP contribution in [0.2, 0.25) is 0 Å². The average molecular weight is 208 g/mol. The number of aromatic nitrogens is 2. The van der Waals surface area contributed by atoms with Crippen LogP contribution in [0.4, 0.5) is 5.82 Å². The number of hydrogen-bond acceptors (Lipinski definition) is 3.